The lowest BCUT2D eigenvalue weighted by Gasteiger charge is -2.07. The van der Waals surface area contributed by atoms with Gasteiger partial charge in [-0.05, 0) is 18.6 Å². The molecule has 0 saturated carbocycles. The van der Waals surface area contributed by atoms with Crippen molar-refractivity contribution in [1.29, 1.82) is 0 Å². The van der Waals surface area contributed by atoms with Crippen molar-refractivity contribution in [1.82, 2.24) is 15.6 Å². The number of nitrogens with zero attached hydrogens (tertiary/aromatic N) is 1. The molecule has 1 aromatic heterocycles. The highest BCUT2D eigenvalue weighted by Gasteiger charge is 2.26. The lowest BCUT2D eigenvalue weighted by Crippen LogP contribution is -2.40. The standard InChI is InChI=1S/C15H14FN3O4/c16-9-2-1-3-10(6-9)22-8-13-18-12(7-23-13)15(21)19-11-4-5-17-14(11)20/h1-3,6-7,11H,4-5,8H2,(H,17,20)(H,19,21)/t11-/m0/s1. The van der Waals surface area contributed by atoms with E-state index in [0.29, 0.717) is 18.7 Å². The molecule has 1 aliphatic rings. The molecule has 120 valence electrons. The topological polar surface area (TPSA) is 93.5 Å². The number of aromatic nitrogens is 1. The summed E-state index contributed by atoms with van der Waals surface area (Å²) in [4.78, 5) is 27.4. The van der Waals surface area contributed by atoms with E-state index in [4.69, 9.17) is 9.15 Å². The fraction of sp³-hybridized carbons (Fsp3) is 0.267. The number of hydrogen-bond acceptors (Lipinski definition) is 5. The van der Waals surface area contributed by atoms with Gasteiger partial charge >= 0.3 is 0 Å². The number of carbonyl (C=O) groups is 2. The maximum atomic E-state index is 13.0. The monoisotopic (exact) mass is 319 g/mol. The fourth-order valence-corrected chi connectivity index (χ4v) is 2.15. The van der Waals surface area contributed by atoms with E-state index in [0.717, 1.165) is 0 Å². The number of nitrogens with one attached hydrogen (secondary N) is 2. The van der Waals surface area contributed by atoms with Gasteiger partial charge in [-0.25, -0.2) is 9.37 Å². The van der Waals surface area contributed by atoms with Gasteiger partial charge in [0, 0.05) is 12.6 Å². The molecule has 0 aliphatic carbocycles. The first-order valence-corrected chi connectivity index (χ1v) is 7.03. The maximum Gasteiger partial charge on any atom is 0.273 e. The number of amides is 2. The Hall–Kier alpha value is -2.90. The first kappa shape index (κ1) is 15.0. The van der Waals surface area contributed by atoms with E-state index in [9.17, 15) is 14.0 Å². The smallest absolute Gasteiger partial charge is 0.273 e. The van der Waals surface area contributed by atoms with Crippen molar-refractivity contribution < 1.29 is 23.1 Å². The largest absolute Gasteiger partial charge is 0.484 e. The van der Waals surface area contributed by atoms with E-state index in [1.54, 1.807) is 6.07 Å². The molecule has 2 aromatic rings. The first-order valence-electron chi connectivity index (χ1n) is 7.03. The van der Waals surface area contributed by atoms with Crippen LogP contribution >= 0.6 is 0 Å². The average Bonchev–Trinajstić information content (AvgIpc) is 3.15. The lowest BCUT2D eigenvalue weighted by molar-refractivity contribution is -0.120. The van der Waals surface area contributed by atoms with Crippen molar-refractivity contribution in [3.63, 3.8) is 0 Å². The van der Waals surface area contributed by atoms with E-state index < -0.39 is 17.8 Å². The van der Waals surface area contributed by atoms with Crippen LogP contribution in [0.4, 0.5) is 4.39 Å². The zero-order valence-electron chi connectivity index (χ0n) is 12.0. The Bertz CT molecular complexity index is 731. The summed E-state index contributed by atoms with van der Waals surface area (Å²) in [5, 5.41) is 5.20. The molecule has 23 heavy (non-hydrogen) atoms. The average molecular weight is 319 g/mol. The molecule has 0 unspecified atom stereocenters. The van der Waals surface area contributed by atoms with Gasteiger partial charge in [-0.1, -0.05) is 6.07 Å². The molecule has 2 amide bonds. The fourth-order valence-electron chi connectivity index (χ4n) is 2.15. The molecule has 2 N–H and O–H groups in total. The summed E-state index contributed by atoms with van der Waals surface area (Å²) in [7, 11) is 0. The predicted octanol–water partition coefficient (Wildman–Crippen LogP) is 1.01. The van der Waals surface area contributed by atoms with Gasteiger partial charge in [0.05, 0.1) is 0 Å². The third kappa shape index (κ3) is 3.65. The highest BCUT2D eigenvalue weighted by atomic mass is 19.1. The van der Waals surface area contributed by atoms with Gasteiger partial charge in [-0.3, -0.25) is 9.59 Å². The quantitative estimate of drug-likeness (QED) is 0.858. The molecule has 3 rings (SSSR count). The van der Waals surface area contributed by atoms with Crippen LogP contribution in [0, 0.1) is 5.82 Å². The SMILES string of the molecule is O=C(N[C@H]1CCNC1=O)c1coc(COc2cccc(F)c2)n1. The molecule has 8 heteroatoms. The minimum absolute atomic E-state index is 0.0410. The molecular weight excluding hydrogens is 305 g/mol. The highest BCUT2D eigenvalue weighted by molar-refractivity contribution is 5.96. The Morgan fingerprint density at radius 3 is 3.13 bits per heavy atom. The van der Waals surface area contributed by atoms with Gasteiger partial charge in [-0.15, -0.1) is 0 Å². The number of halogens is 1. The minimum atomic E-state index is -0.550. The van der Waals surface area contributed by atoms with Gasteiger partial charge in [0.1, 0.15) is 23.9 Å². The summed E-state index contributed by atoms with van der Waals surface area (Å²) in [6.07, 6.45) is 1.73. The molecule has 7 nitrogen and oxygen atoms in total. The molecule has 1 aliphatic heterocycles. The van der Waals surface area contributed by atoms with Crippen LogP contribution in [0.2, 0.25) is 0 Å². The van der Waals surface area contributed by atoms with Crippen molar-refractivity contribution >= 4 is 11.8 Å². The zero-order valence-corrected chi connectivity index (χ0v) is 12.0. The van der Waals surface area contributed by atoms with Gasteiger partial charge in [0.25, 0.3) is 5.91 Å². The van der Waals surface area contributed by atoms with Crippen molar-refractivity contribution in [2.24, 2.45) is 0 Å². The van der Waals surface area contributed by atoms with Crippen molar-refractivity contribution in [3.8, 4) is 5.75 Å². The number of carbonyl (C=O) groups excluding carboxylic acids is 2. The molecule has 1 fully saturated rings. The third-order valence-corrected chi connectivity index (χ3v) is 3.30. The van der Waals surface area contributed by atoms with Crippen LogP contribution < -0.4 is 15.4 Å². The molecule has 2 heterocycles. The summed E-state index contributed by atoms with van der Waals surface area (Å²) in [6.45, 7) is 0.496. The molecule has 1 aromatic carbocycles. The Morgan fingerprint density at radius 2 is 2.39 bits per heavy atom. The molecule has 1 saturated heterocycles. The van der Waals surface area contributed by atoms with Gasteiger partial charge < -0.3 is 19.8 Å². The van der Waals surface area contributed by atoms with E-state index in [2.05, 4.69) is 15.6 Å². The van der Waals surface area contributed by atoms with Crippen molar-refractivity contribution in [2.45, 2.75) is 19.1 Å². The summed E-state index contributed by atoms with van der Waals surface area (Å²) in [5.41, 5.74) is 0.0579. The van der Waals surface area contributed by atoms with E-state index in [-0.39, 0.29) is 24.1 Å². The van der Waals surface area contributed by atoms with Gasteiger partial charge in [0.15, 0.2) is 12.3 Å². The molecule has 0 spiro atoms. The van der Waals surface area contributed by atoms with Crippen LogP contribution in [0.3, 0.4) is 0 Å². The highest BCUT2D eigenvalue weighted by Crippen LogP contribution is 2.14. The van der Waals surface area contributed by atoms with Gasteiger partial charge in [0.2, 0.25) is 11.8 Å². The third-order valence-electron chi connectivity index (χ3n) is 3.30. The predicted molar refractivity (Wildman–Crippen MR) is 76.1 cm³/mol. The summed E-state index contributed by atoms with van der Waals surface area (Å²) in [5.74, 6) is -0.610. The van der Waals surface area contributed by atoms with Crippen molar-refractivity contribution in [2.75, 3.05) is 6.54 Å². The first-order chi connectivity index (χ1) is 11.1. The van der Waals surface area contributed by atoms with E-state index in [1.165, 1.54) is 24.5 Å². The molecule has 1 atom stereocenters. The van der Waals surface area contributed by atoms with Crippen LogP contribution in [-0.2, 0) is 11.4 Å². The second-order valence-corrected chi connectivity index (χ2v) is 4.98. The normalized spacial score (nSPS) is 16.9. The maximum absolute atomic E-state index is 13.0. The van der Waals surface area contributed by atoms with E-state index >= 15 is 0 Å². The molecule has 0 radical (unpaired) electrons. The van der Waals surface area contributed by atoms with Crippen LogP contribution in [0.25, 0.3) is 0 Å². The van der Waals surface area contributed by atoms with Crippen LogP contribution in [0.1, 0.15) is 22.8 Å². The Morgan fingerprint density at radius 1 is 1.52 bits per heavy atom. The molecule has 0 bridgehead atoms. The molecular formula is C15H14FN3O4. The second-order valence-electron chi connectivity index (χ2n) is 4.98. The van der Waals surface area contributed by atoms with Crippen molar-refractivity contribution in [3.05, 3.63) is 47.9 Å². The number of hydrogen-bond donors (Lipinski definition) is 2. The van der Waals surface area contributed by atoms with Gasteiger partial charge in [-0.2, -0.15) is 0 Å². The van der Waals surface area contributed by atoms with Crippen LogP contribution in [0.5, 0.6) is 5.75 Å². The number of oxazole rings is 1. The number of benzene rings is 1. The van der Waals surface area contributed by atoms with E-state index in [1.807, 2.05) is 0 Å². The Kier molecular flexibility index (Phi) is 4.22. The second kappa shape index (κ2) is 6.47. The Balaban J connectivity index is 1.57. The van der Waals surface area contributed by atoms with Crippen LogP contribution in [-0.4, -0.2) is 29.4 Å². The Labute approximate surface area is 130 Å². The summed E-state index contributed by atoms with van der Waals surface area (Å²) in [6, 6.07) is 5.10. The number of rotatable bonds is 5. The summed E-state index contributed by atoms with van der Waals surface area (Å²) < 4.78 is 23.5. The lowest BCUT2D eigenvalue weighted by atomic mass is 10.2. The number of ether oxygens (including phenoxy) is 1. The zero-order chi connectivity index (χ0) is 16.2. The van der Waals surface area contributed by atoms with Crippen LogP contribution in [0.15, 0.2) is 34.9 Å². The summed E-state index contributed by atoms with van der Waals surface area (Å²) >= 11 is 0. The minimum Gasteiger partial charge on any atom is -0.484 e.